The molecular formula is C27H30N4O4. The molecule has 35 heavy (non-hydrogen) atoms. The first-order valence-corrected chi connectivity index (χ1v) is 11.3. The number of anilines is 2. The fourth-order valence-corrected chi connectivity index (χ4v) is 3.38. The Morgan fingerprint density at radius 3 is 2.31 bits per heavy atom. The third-order valence-electron chi connectivity index (χ3n) is 5.19. The molecule has 182 valence electrons. The van der Waals surface area contributed by atoms with Crippen LogP contribution in [0.3, 0.4) is 0 Å². The Labute approximate surface area is 205 Å². The molecule has 8 heteroatoms. The fraction of sp³-hybridized carbons (Fsp3) is 0.222. The van der Waals surface area contributed by atoms with E-state index >= 15 is 0 Å². The number of methoxy groups -OCH3 is 1. The number of ether oxygens (including phenoxy) is 1. The summed E-state index contributed by atoms with van der Waals surface area (Å²) in [5.41, 5.74) is 3.31. The molecule has 0 aliphatic carbocycles. The molecule has 0 saturated heterocycles. The molecule has 0 atom stereocenters. The van der Waals surface area contributed by atoms with E-state index in [1.54, 1.807) is 67.6 Å². The zero-order valence-corrected chi connectivity index (χ0v) is 19.9. The summed E-state index contributed by atoms with van der Waals surface area (Å²) in [5.74, 6) is -0.571. The summed E-state index contributed by atoms with van der Waals surface area (Å²) in [4.78, 5) is 38.9. The number of nitrogens with zero attached hydrogens (tertiary/aromatic N) is 1. The van der Waals surface area contributed by atoms with Crippen molar-refractivity contribution >= 4 is 29.1 Å². The molecule has 0 aliphatic heterocycles. The minimum atomic E-state index is -0.256. The molecule has 0 fully saturated rings. The lowest BCUT2D eigenvalue weighted by atomic mass is 10.1. The van der Waals surface area contributed by atoms with Crippen molar-refractivity contribution in [2.75, 3.05) is 44.5 Å². The maximum atomic E-state index is 12.8. The molecule has 0 aliphatic rings. The Hall–Kier alpha value is -4.17. The zero-order valence-electron chi connectivity index (χ0n) is 19.9. The van der Waals surface area contributed by atoms with Gasteiger partial charge in [-0.3, -0.25) is 14.4 Å². The molecular weight excluding hydrogens is 444 g/mol. The lowest BCUT2D eigenvalue weighted by Crippen LogP contribution is -2.27. The number of hydrogen-bond acceptors (Lipinski definition) is 5. The number of hydrogen-bond donors (Lipinski definition) is 3. The van der Waals surface area contributed by atoms with Crippen molar-refractivity contribution in [1.82, 2.24) is 10.2 Å². The largest absolute Gasteiger partial charge is 0.383 e. The SMILES string of the molecule is COCCNC(=O)c1ccc(NCC(=O)Nc2cccc(C(=O)N(C)Cc3ccccc3)c2)cc1. The van der Waals surface area contributed by atoms with Crippen molar-refractivity contribution in [3.8, 4) is 0 Å². The maximum absolute atomic E-state index is 12.8. The molecule has 0 aromatic heterocycles. The van der Waals surface area contributed by atoms with Gasteiger partial charge in [-0.2, -0.15) is 0 Å². The monoisotopic (exact) mass is 474 g/mol. The van der Waals surface area contributed by atoms with Gasteiger partial charge in [-0.15, -0.1) is 0 Å². The van der Waals surface area contributed by atoms with Gasteiger partial charge in [-0.05, 0) is 48.0 Å². The highest BCUT2D eigenvalue weighted by Gasteiger charge is 2.13. The van der Waals surface area contributed by atoms with Crippen molar-refractivity contribution in [1.29, 1.82) is 0 Å². The van der Waals surface area contributed by atoms with Crippen LogP contribution in [0.4, 0.5) is 11.4 Å². The van der Waals surface area contributed by atoms with Gasteiger partial charge in [-0.25, -0.2) is 0 Å². The molecule has 8 nitrogen and oxygen atoms in total. The molecule has 0 saturated carbocycles. The average Bonchev–Trinajstić information content (AvgIpc) is 2.88. The van der Waals surface area contributed by atoms with Crippen LogP contribution in [0, 0.1) is 0 Å². The van der Waals surface area contributed by atoms with Crippen molar-refractivity contribution < 1.29 is 19.1 Å². The van der Waals surface area contributed by atoms with Crippen molar-refractivity contribution in [2.45, 2.75) is 6.54 Å². The minimum Gasteiger partial charge on any atom is -0.383 e. The molecule has 3 aromatic carbocycles. The Morgan fingerprint density at radius 1 is 0.857 bits per heavy atom. The van der Waals surface area contributed by atoms with Gasteiger partial charge in [0, 0.05) is 49.7 Å². The highest BCUT2D eigenvalue weighted by Crippen LogP contribution is 2.14. The van der Waals surface area contributed by atoms with Crippen molar-refractivity contribution in [2.24, 2.45) is 0 Å². The van der Waals surface area contributed by atoms with E-state index in [1.807, 2.05) is 30.3 Å². The predicted octanol–water partition coefficient (Wildman–Crippen LogP) is 3.39. The normalized spacial score (nSPS) is 10.3. The molecule has 0 spiro atoms. The third-order valence-corrected chi connectivity index (χ3v) is 5.19. The van der Waals surface area contributed by atoms with E-state index in [0.29, 0.717) is 42.2 Å². The summed E-state index contributed by atoms with van der Waals surface area (Å²) in [5, 5.41) is 8.59. The Morgan fingerprint density at radius 2 is 1.60 bits per heavy atom. The van der Waals surface area contributed by atoms with Gasteiger partial charge in [0.25, 0.3) is 11.8 Å². The van der Waals surface area contributed by atoms with Crippen LogP contribution in [0.5, 0.6) is 0 Å². The highest BCUT2D eigenvalue weighted by molar-refractivity contribution is 5.98. The first-order chi connectivity index (χ1) is 17.0. The van der Waals surface area contributed by atoms with Crippen LogP contribution in [0.1, 0.15) is 26.3 Å². The van der Waals surface area contributed by atoms with E-state index in [-0.39, 0.29) is 24.3 Å². The van der Waals surface area contributed by atoms with Gasteiger partial charge in [0.2, 0.25) is 5.91 Å². The number of carbonyl (C=O) groups is 3. The van der Waals surface area contributed by atoms with Crippen molar-refractivity contribution in [3.05, 3.63) is 95.6 Å². The summed E-state index contributed by atoms with van der Waals surface area (Å²) in [6, 6.07) is 23.5. The highest BCUT2D eigenvalue weighted by atomic mass is 16.5. The minimum absolute atomic E-state index is 0.0332. The quantitative estimate of drug-likeness (QED) is 0.370. The Kier molecular flexibility index (Phi) is 9.39. The number of benzene rings is 3. The molecule has 3 amide bonds. The Bertz CT molecular complexity index is 1130. The van der Waals surface area contributed by atoms with Crippen LogP contribution in [0.15, 0.2) is 78.9 Å². The molecule has 3 rings (SSSR count). The second-order valence-electron chi connectivity index (χ2n) is 7.96. The van der Waals surface area contributed by atoms with E-state index in [0.717, 1.165) is 5.56 Å². The van der Waals surface area contributed by atoms with E-state index in [2.05, 4.69) is 16.0 Å². The first-order valence-electron chi connectivity index (χ1n) is 11.3. The Balaban J connectivity index is 1.50. The van der Waals surface area contributed by atoms with E-state index in [4.69, 9.17) is 4.74 Å². The summed E-state index contributed by atoms with van der Waals surface area (Å²) in [6.45, 7) is 1.41. The maximum Gasteiger partial charge on any atom is 0.253 e. The zero-order chi connectivity index (χ0) is 25.0. The van der Waals surface area contributed by atoms with Gasteiger partial charge in [0.1, 0.15) is 0 Å². The van der Waals surface area contributed by atoms with E-state index in [1.165, 1.54) is 0 Å². The number of amides is 3. The van der Waals surface area contributed by atoms with Gasteiger partial charge in [0.15, 0.2) is 0 Å². The molecule has 0 radical (unpaired) electrons. The summed E-state index contributed by atoms with van der Waals surface area (Å²) >= 11 is 0. The van der Waals surface area contributed by atoms with E-state index in [9.17, 15) is 14.4 Å². The molecule has 3 aromatic rings. The van der Waals surface area contributed by atoms with Crippen LogP contribution in [-0.2, 0) is 16.1 Å². The summed E-state index contributed by atoms with van der Waals surface area (Å²) < 4.78 is 4.91. The van der Waals surface area contributed by atoms with Gasteiger partial charge >= 0.3 is 0 Å². The van der Waals surface area contributed by atoms with Crippen LogP contribution < -0.4 is 16.0 Å². The van der Waals surface area contributed by atoms with Crippen LogP contribution in [0.25, 0.3) is 0 Å². The van der Waals surface area contributed by atoms with Gasteiger partial charge < -0.3 is 25.6 Å². The van der Waals surface area contributed by atoms with Crippen molar-refractivity contribution in [3.63, 3.8) is 0 Å². The topological polar surface area (TPSA) is 99.8 Å². The second-order valence-corrected chi connectivity index (χ2v) is 7.96. The number of nitrogens with one attached hydrogen (secondary N) is 3. The molecule has 3 N–H and O–H groups in total. The third kappa shape index (κ3) is 7.97. The van der Waals surface area contributed by atoms with Gasteiger partial charge in [0.05, 0.1) is 13.2 Å². The molecule has 0 bridgehead atoms. The fourth-order valence-electron chi connectivity index (χ4n) is 3.38. The summed E-state index contributed by atoms with van der Waals surface area (Å²) in [6.07, 6.45) is 0. The van der Waals surface area contributed by atoms with E-state index < -0.39 is 0 Å². The number of rotatable bonds is 11. The second kappa shape index (κ2) is 12.9. The number of carbonyl (C=O) groups excluding carboxylic acids is 3. The van der Waals surface area contributed by atoms with Crippen LogP contribution >= 0.6 is 0 Å². The molecule has 0 heterocycles. The smallest absolute Gasteiger partial charge is 0.253 e. The average molecular weight is 475 g/mol. The standard InChI is InChI=1S/C27H30N4O4/c1-31(19-20-7-4-3-5-8-20)27(34)22-9-6-10-24(17-22)30-25(32)18-29-23-13-11-21(12-14-23)26(33)28-15-16-35-2/h3-14,17,29H,15-16,18-19H2,1-2H3,(H,28,33)(H,30,32). The lowest BCUT2D eigenvalue weighted by Gasteiger charge is -2.18. The van der Waals surface area contributed by atoms with Crippen LogP contribution in [-0.4, -0.2) is 56.5 Å². The molecule has 0 unspecified atom stereocenters. The summed E-state index contributed by atoms with van der Waals surface area (Å²) in [7, 11) is 3.32. The first kappa shape index (κ1) is 25.5. The van der Waals surface area contributed by atoms with Gasteiger partial charge in [-0.1, -0.05) is 36.4 Å². The predicted molar refractivity (Wildman–Crippen MR) is 136 cm³/mol. The lowest BCUT2D eigenvalue weighted by molar-refractivity contribution is -0.114. The van der Waals surface area contributed by atoms with Crippen LogP contribution in [0.2, 0.25) is 0 Å².